The van der Waals surface area contributed by atoms with Crippen molar-refractivity contribution < 1.29 is 22.7 Å². The lowest BCUT2D eigenvalue weighted by Crippen LogP contribution is -2.49. The summed E-state index contributed by atoms with van der Waals surface area (Å²) in [6, 6.07) is -0.301. The second-order valence-electron chi connectivity index (χ2n) is 4.83. The Hall–Kier alpha value is -0.820. The molecule has 0 aromatic carbocycles. The molecule has 0 bridgehead atoms. The third kappa shape index (κ3) is 7.98. The zero-order valence-corrected chi connectivity index (χ0v) is 10.2. The van der Waals surface area contributed by atoms with Gasteiger partial charge in [-0.2, -0.15) is 13.2 Å². The van der Waals surface area contributed by atoms with E-state index < -0.39 is 25.3 Å². The molecule has 4 nitrogen and oxygen atoms in total. The van der Waals surface area contributed by atoms with Crippen molar-refractivity contribution in [2.75, 3.05) is 19.8 Å². The first-order valence-electron chi connectivity index (χ1n) is 5.20. The molecule has 0 saturated carbocycles. The Kier molecular flexibility index (Phi) is 5.91. The van der Waals surface area contributed by atoms with Crippen molar-refractivity contribution in [2.45, 2.75) is 33.0 Å². The minimum Gasteiger partial charge on any atom is -0.362 e. The van der Waals surface area contributed by atoms with Crippen LogP contribution in [-0.2, 0) is 9.53 Å². The summed E-state index contributed by atoms with van der Waals surface area (Å²) in [6.45, 7) is 3.80. The number of hydrogen-bond acceptors (Lipinski definition) is 3. The van der Waals surface area contributed by atoms with Crippen LogP contribution in [0.4, 0.5) is 13.2 Å². The number of amides is 1. The minimum atomic E-state index is -4.42. The highest BCUT2D eigenvalue weighted by Crippen LogP contribution is 2.18. The van der Waals surface area contributed by atoms with E-state index in [1.807, 2.05) is 20.8 Å². The van der Waals surface area contributed by atoms with Crippen LogP contribution in [-0.4, -0.2) is 37.9 Å². The van der Waals surface area contributed by atoms with Gasteiger partial charge in [-0.15, -0.1) is 0 Å². The van der Waals surface area contributed by atoms with Crippen LogP contribution in [0.25, 0.3) is 0 Å². The predicted molar refractivity (Wildman–Crippen MR) is 57.3 cm³/mol. The number of ether oxygens (including phenoxy) is 1. The van der Waals surface area contributed by atoms with Crippen LogP contribution in [0.1, 0.15) is 20.8 Å². The normalized spacial score (nSPS) is 14.5. The summed E-state index contributed by atoms with van der Waals surface area (Å²) >= 11 is 0. The van der Waals surface area contributed by atoms with Crippen molar-refractivity contribution in [3.05, 3.63) is 0 Å². The topological polar surface area (TPSA) is 64.3 Å². The van der Waals surface area contributed by atoms with Crippen LogP contribution < -0.4 is 11.1 Å². The van der Waals surface area contributed by atoms with E-state index in [-0.39, 0.29) is 18.0 Å². The van der Waals surface area contributed by atoms with E-state index in [1.54, 1.807) is 0 Å². The number of rotatable bonds is 5. The number of nitrogens with one attached hydrogen (secondary N) is 1. The molecule has 17 heavy (non-hydrogen) atoms. The molecule has 0 spiro atoms. The van der Waals surface area contributed by atoms with Crippen molar-refractivity contribution in [1.29, 1.82) is 0 Å². The molecule has 0 aromatic heterocycles. The quantitative estimate of drug-likeness (QED) is 0.773. The highest BCUT2D eigenvalue weighted by atomic mass is 19.4. The van der Waals surface area contributed by atoms with Gasteiger partial charge in [0.2, 0.25) is 5.91 Å². The summed E-state index contributed by atoms with van der Waals surface area (Å²) in [5.41, 5.74) is 5.21. The fraction of sp³-hybridized carbons (Fsp3) is 0.900. The molecule has 0 heterocycles. The van der Waals surface area contributed by atoms with E-state index >= 15 is 0 Å². The molecule has 0 radical (unpaired) electrons. The first-order chi connectivity index (χ1) is 7.56. The first-order valence-corrected chi connectivity index (χ1v) is 5.20. The number of nitrogens with two attached hydrogens (primary N) is 1. The smallest absolute Gasteiger partial charge is 0.362 e. The van der Waals surface area contributed by atoms with E-state index in [0.29, 0.717) is 0 Å². The van der Waals surface area contributed by atoms with Gasteiger partial charge in [-0.1, -0.05) is 20.8 Å². The third-order valence-corrected chi connectivity index (χ3v) is 2.12. The molecule has 0 aliphatic carbocycles. The first kappa shape index (κ1) is 16.2. The average Bonchev–Trinajstić information content (AvgIpc) is 2.10. The molecule has 0 aliphatic heterocycles. The van der Waals surface area contributed by atoms with Crippen LogP contribution in [0, 0.1) is 5.41 Å². The monoisotopic (exact) mass is 256 g/mol. The molecule has 0 aliphatic rings. The van der Waals surface area contributed by atoms with Crippen molar-refractivity contribution in [1.82, 2.24) is 5.32 Å². The molecule has 7 heteroatoms. The van der Waals surface area contributed by atoms with Gasteiger partial charge >= 0.3 is 6.18 Å². The predicted octanol–water partition coefficient (Wildman–Crippen LogP) is 1.05. The molecule has 1 unspecified atom stereocenters. The zero-order chi connectivity index (χ0) is 13.7. The highest BCUT2D eigenvalue weighted by molar-refractivity contribution is 5.77. The molecule has 1 amide bonds. The molecule has 0 aromatic rings. The average molecular weight is 256 g/mol. The van der Waals surface area contributed by atoms with Crippen LogP contribution in [0.3, 0.4) is 0 Å². The summed E-state index contributed by atoms with van der Waals surface area (Å²) in [4.78, 5) is 11.3. The maximum absolute atomic E-state index is 11.7. The Morgan fingerprint density at radius 1 is 1.35 bits per heavy atom. The fourth-order valence-corrected chi connectivity index (χ4v) is 1.12. The van der Waals surface area contributed by atoms with Gasteiger partial charge in [0.15, 0.2) is 0 Å². The van der Waals surface area contributed by atoms with Crippen LogP contribution in [0.15, 0.2) is 0 Å². The molecule has 0 rings (SSSR count). The van der Waals surface area contributed by atoms with Gasteiger partial charge in [-0.3, -0.25) is 4.79 Å². The molecule has 102 valence electrons. The lowest BCUT2D eigenvalue weighted by atomic mass is 9.87. The Balaban J connectivity index is 4.01. The SMILES string of the molecule is CC(C)(C)C(CN)NC(=O)COCC(F)(F)F. The summed E-state index contributed by atoms with van der Waals surface area (Å²) in [5, 5.41) is 2.54. The number of halogens is 3. The fourth-order valence-electron chi connectivity index (χ4n) is 1.12. The Labute approximate surface area is 98.7 Å². The van der Waals surface area contributed by atoms with Crippen LogP contribution in [0.2, 0.25) is 0 Å². The molecule has 0 fully saturated rings. The number of hydrogen-bond donors (Lipinski definition) is 2. The van der Waals surface area contributed by atoms with Gasteiger partial charge in [-0.05, 0) is 5.41 Å². The second kappa shape index (κ2) is 6.20. The minimum absolute atomic E-state index is 0.217. The zero-order valence-electron chi connectivity index (χ0n) is 10.2. The Morgan fingerprint density at radius 2 is 1.88 bits per heavy atom. The Morgan fingerprint density at radius 3 is 2.24 bits per heavy atom. The van der Waals surface area contributed by atoms with Gasteiger partial charge in [0.05, 0.1) is 0 Å². The van der Waals surface area contributed by atoms with Crippen molar-refractivity contribution in [3.63, 3.8) is 0 Å². The van der Waals surface area contributed by atoms with Crippen LogP contribution >= 0.6 is 0 Å². The van der Waals surface area contributed by atoms with E-state index in [1.165, 1.54) is 0 Å². The molecule has 1 atom stereocenters. The van der Waals surface area contributed by atoms with Gasteiger partial charge in [0.25, 0.3) is 0 Å². The lowest BCUT2D eigenvalue weighted by Gasteiger charge is -2.30. The van der Waals surface area contributed by atoms with Gasteiger partial charge in [-0.25, -0.2) is 0 Å². The molecule has 0 saturated heterocycles. The van der Waals surface area contributed by atoms with Crippen molar-refractivity contribution in [2.24, 2.45) is 11.1 Å². The number of carbonyl (C=O) groups excluding carboxylic acids is 1. The number of alkyl halides is 3. The summed E-state index contributed by atoms with van der Waals surface area (Å²) in [5.74, 6) is -0.598. The molecular weight excluding hydrogens is 237 g/mol. The second-order valence-corrected chi connectivity index (χ2v) is 4.83. The largest absolute Gasteiger partial charge is 0.411 e. The summed E-state index contributed by atoms with van der Waals surface area (Å²) in [7, 11) is 0. The summed E-state index contributed by atoms with van der Waals surface area (Å²) in [6.07, 6.45) is -4.42. The van der Waals surface area contributed by atoms with E-state index in [2.05, 4.69) is 10.1 Å². The van der Waals surface area contributed by atoms with Crippen LogP contribution in [0.5, 0.6) is 0 Å². The maximum atomic E-state index is 11.7. The molecular formula is C10H19F3N2O2. The van der Waals surface area contributed by atoms with E-state index in [0.717, 1.165) is 0 Å². The van der Waals surface area contributed by atoms with Crippen molar-refractivity contribution >= 4 is 5.91 Å². The van der Waals surface area contributed by atoms with E-state index in [9.17, 15) is 18.0 Å². The van der Waals surface area contributed by atoms with Crippen molar-refractivity contribution in [3.8, 4) is 0 Å². The highest BCUT2D eigenvalue weighted by Gasteiger charge is 2.29. The van der Waals surface area contributed by atoms with Gasteiger partial charge < -0.3 is 15.8 Å². The van der Waals surface area contributed by atoms with E-state index in [4.69, 9.17) is 5.73 Å². The maximum Gasteiger partial charge on any atom is 0.411 e. The van der Waals surface area contributed by atoms with Gasteiger partial charge in [0.1, 0.15) is 13.2 Å². The lowest BCUT2D eigenvalue weighted by molar-refractivity contribution is -0.175. The molecule has 3 N–H and O–H groups in total. The number of carbonyl (C=O) groups is 1. The summed E-state index contributed by atoms with van der Waals surface area (Å²) < 4.78 is 39.5. The Bertz CT molecular complexity index is 249. The standard InChI is InChI=1S/C10H19F3N2O2/c1-9(2,3)7(4-14)15-8(16)5-17-6-10(11,12)13/h7H,4-6,14H2,1-3H3,(H,15,16). The third-order valence-electron chi connectivity index (χ3n) is 2.12. The van der Waals surface area contributed by atoms with Gasteiger partial charge in [0, 0.05) is 12.6 Å².